The lowest BCUT2D eigenvalue weighted by molar-refractivity contribution is -0.134. The van der Waals surface area contributed by atoms with Crippen molar-refractivity contribution in [2.45, 2.75) is 23.1 Å². The van der Waals surface area contributed by atoms with Gasteiger partial charge in [0.25, 0.3) is 0 Å². The maximum Gasteiger partial charge on any atom is 0.317 e. The van der Waals surface area contributed by atoms with Crippen molar-refractivity contribution in [3.8, 4) is 11.6 Å². The normalized spacial score (nSPS) is 11.0. The number of aryl methyl sites for hydroxylation is 1. The van der Waals surface area contributed by atoms with E-state index in [4.69, 9.17) is 4.74 Å². The van der Waals surface area contributed by atoms with Crippen molar-refractivity contribution in [2.75, 3.05) is 0 Å². The number of carbonyl (C=O) groups excluding carboxylic acids is 1. The number of halogens is 5. The molecule has 4 aromatic rings. The molecule has 0 fully saturated rings. The molecule has 10 heteroatoms. The van der Waals surface area contributed by atoms with E-state index in [1.807, 2.05) is 0 Å². The Morgan fingerprint density at radius 3 is 1.94 bits per heavy atom. The second-order valence-corrected chi connectivity index (χ2v) is 8.13. The minimum absolute atomic E-state index is 0.0755. The summed E-state index contributed by atoms with van der Waals surface area (Å²) in [6.07, 6.45) is -0.119. The van der Waals surface area contributed by atoms with E-state index in [0.29, 0.717) is 11.3 Å². The van der Waals surface area contributed by atoms with E-state index in [0.717, 1.165) is 0 Å². The van der Waals surface area contributed by atoms with Crippen molar-refractivity contribution in [3.63, 3.8) is 0 Å². The highest BCUT2D eigenvalue weighted by atomic mass is 32.2. The fourth-order valence-electron chi connectivity index (χ4n) is 3.13. The summed E-state index contributed by atoms with van der Waals surface area (Å²) < 4.78 is 76.4. The summed E-state index contributed by atoms with van der Waals surface area (Å²) in [5.41, 5.74) is 1.27. The zero-order valence-electron chi connectivity index (χ0n) is 17.5. The van der Waals surface area contributed by atoms with E-state index in [9.17, 15) is 26.7 Å². The van der Waals surface area contributed by atoms with E-state index in [1.165, 1.54) is 11.6 Å². The summed E-state index contributed by atoms with van der Waals surface area (Å²) in [4.78, 5) is 11.5. The molecule has 34 heavy (non-hydrogen) atoms. The highest BCUT2D eigenvalue weighted by molar-refractivity contribution is 7.99. The van der Waals surface area contributed by atoms with Gasteiger partial charge in [0.1, 0.15) is 0 Å². The highest BCUT2D eigenvalue weighted by Gasteiger charge is 2.30. The Bertz CT molecular complexity index is 1330. The smallest absolute Gasteiger partial charge is 0.317 e. The van der Waals surface area contributed by atoms with E-state index >= 15 is 0 Å². The fraction of sp³-hybridized carbons (Fsp3) is 0.0833. The van der Waals surface area contributed by atoms with Crippen LogP contribution < -0.4 is 4.74 Å². The van der Waals surface area contributed by atoms with Crippen molar-refractivity contribution < 1.29 is 31.5 Å². The van der Waals surface area contributed by atoms with Crippen LogP contribution in [0.3, 0.4) is 0 Å². The average Bonchev–Trinajstić information content (AvgIpc) is 3.15. The molecular weight excluding hydrogens is 475 g/mol. The predicted molar refractivity (Wildman–Crippen MR) is 114 cm³/mol. The third-order valence-corrected chi connectivity index (χ3v) is 5.98. The van der Waals surface area contributed by atoms with Crippen LogP contribution >= 0.6 is 11.8 Å². The number of carbonyl (C=O) groups is 1. The van der Waals surface area contributed by atoms with Gasteiger partial charge >= 0.3 is 5.97 Å². The Morgan fingerprint density at radius 1 is 0.824 bits per heavy atom. The molecule has 3 aromatic carbocycles. The maximum absolute atomic E-state index is 14.4. The minimum Gasteiger partial charge on any atom is -0.406 e. The predicted octanol–water partition coefficient (Wildman–Crippen LogP) is 6.18. The number of ether oxygens (including phenoxy) is 1. The number of nitrogens with zero attached hydrogens (tertiary/aromatic N) is 2. The first-order valence-corrected chi connectivity index (χ1v) is 10.7. The first-order chi connectivity index (χ1) is 16.3. The Kier molecular flexibility index (Phi) is 6.69. The number of hydrogen-bond donors (Lipinski definition) is 0. The van der Waals surface area contributed by atoms with Crippen molar-refractivity contribution >= 4 is 17.7 Å². The first-order valence-electron chi connectivity index (χ1n) is 9.86. The second kappa shape index (κ2) is 9.68. The minimum atomic E-state index is -2.26. The topological polar surface area (TPSA) is 44.1 Å². The largest absolute Gasteiger partial charge is 0.406 e. The summed E-state index contributed by atoms with van der Waals surface area (Å²) >= 11 is 0.238. The number of para-hydroxylation sites is 1. The zero-order valence-corrected chi connectivity index (χ0v) is 18.3. The van der Waals surface area contributed by atoms with Crippen LogP contribution in [0.2, 0.25) is 0 Å². The maximum atomic E-state index is 14.4. The molecular formula is C24H15F5N2O2S. The molecule has 0 N–H and O–H groups in total. The summed E-state index contributed by atoms with van der Waals surface area (Å²) in [7, 11) is 0. The average molecular weight is 490 g/mol. The molecule has 0 radical (unpaired) electrons. The molecule has 0 saturated heterocycles. The molecule has 0 atom stereocenters. The third kappa shape index (κ3) is 4.54. The quantitative estimate of drug-likeness (QED) is 0.140. The van der Waals surface area contributed by atoms with Crippen LogP contribution in [0, 0.1) is 36.0 Å². The van der Waals surface area contributed by atoms with Gasteiger partial charge in [-0.1, -0.05) is 60.3 Å². The lowest BCUT2D eigenvalue weighted by Gasteiger charge is -2.11. The zero-order chi connectivity index (χ0) is 24.4. The Balaban J connectivity index is 1.79. The second-order valence-electron chi connectivity index (χ2n) is 7.10. The molecule has 0 spiro atoms. The van der Waals surface area contributed by atoms with E-state index in [2.05, 4.69) is 5.10 Å². The van der Waals surface area contributed by atoms with Gasteiger partial charge in [0.2, 0.25) is 11.7 Å². The van der Waals surface area contributed by atoms with Crippen LogP contribution in [0.15, 0.2) is 70.5 Å². The van der Waals surface area contributed by atoms with Crippen LogP contribution in [0.5, 0.6) is 5.88 Å². The lowest BCUT2D eigenvalue weighted by atomic mass is 10.2. The van der Waals surface area contributed by atoms with Crippen LogP contribution in [-0.4, -0.2) is 15.7 Å². The van der Waals surface area contributed by atoms with Gasteiger partial charge in [-0.3, -0.25) is 4.79 Å². The molecule has 1 aromatic heterocycles. The third-order valence-electron chi connectivity index (χ3n) is 4.74. The summed E-state index contributed by atoms with van der Waals surface area (Å²) in [6.45, 7) is 1.46. The standard InChI is InChI=1S/C24H15F5N2O2S/c1-13-22(34-23-20(28)18(26)17(25)19(27)21(23)29)24(31(30-13)15-10-6-3-7-11-15)33-16(32)12-14-8-4-2-5-9-14/h2-11H,12H2,1H3. The van der Waals surface area contributed by atoms with E-state index in [1.54, 1.807) is 60.7 Å². The molecule has 0 amide bonds. The van der Waals surface area contributed by atoms with Crippen LogP contribution in [0.1, 0.15) is 11.3 Å². The Morgan fingerprint density at radius 2 is 1.35 bits per heavy atom. The van der Waals surface area contributed by atoms with Crippen molar-refractivity contribution in [3.05, 3.63) is 101 Å². The number of aromatic nitrogens is 2. The Labute approximate surface area is 195 Å². The SMILES string of the molecule is Cc1nn(-c2ccccc2)c(OC(=O)Cc2ccccc2)c1Sc1c(F)c(F)c(F)c(F)c1F. The van der Waals surface area contributed by atoms with Crippen LogP contribution in [0.25, 0.3) is 5.69 Å². The summed E-state index contributed by atoms with van der Waals surface area (Å²) in [5.74, 6) is -11.3. The van der Waals surface area contributed by atoms with Gasteiger partial charge in [0.15, 0.2) is 23.3 Å². The van der Waals surface area contributed by atoms with Crippen LogP contribution in [-0.2, 0) is 11.2 Å². The molecule has 4 nitrogen and oxygen atoms in total. The molecule has 0 aliphatic heterocycles. The molecule has 174 valence electrons. The molecule has 4 rings (SSSR count). The number of benzene rings is 3. The number of rotatable bonds is 6. The van der Waals surface area contributed by atoms with Crippen molar-refractivity contribution in [1.82, 2.24) is 9.78 Å². The van der Waals surface area contributed by atoms with Gasteiger partial charge < -0.3 is 4.74 Å². The van der Waals surface area contributed by atoms with Gasteiger partial charge in [-0.25, -0.2) is 22.0 Å². The van der Waals surface area contributed by atoms with Gasteiger partial charge in [-0.05, 0) is 24.6 Å². The first kappa shape index (κ1) is 23.5. The van der Waals surface area contributed by atoms with Crippen LogP contribution in [0.4, 0.5) is 22.0 Å². The van der Waals surface area contributed by atoms with Gasteiger partial charge in [0.05, 0.1) is 27.6 Å². The number of hydrogen-bond acceptors (Lipinski definition) is 4. The lowest BCUT2D eigenvalue weighted by Crippen LogP contribution is -2.14. The van der Waals surface area contributed by atoms with Gasteiger partial charge in [-0.15, -0.1) is 0 Å². The monoisotopic (exact) mass is 490 g/mol. The molecule has 0 saturated carbocycles. The van der Waals surface area contributed by atoms with E-state index < -0.39 is 40.0 Å². The van der Waals surface area contributed by atoms with Gasteiger partial charge in [-0.2, -0.15) is 9.78 Å². The highest BCUT2D eigenvalue weighted by Crippen LogP contribution is 2.42. The van der Waals surface area contributed by atoms with Crippen molar-refractivity contribution in [1.29, 1.82) is 0 Å². The molecule has 0 unspecified atom stereocenters. The van der Waals surface area contributed by atoms with Gasteiger partial charge in [0, 0.05) is 0 Å². The summed E-state index contributed by atoms with van der Waals surface area (Å²) in [6, 6.07) is 17.1. The molecule has 0 aliphatic carbocycles. The number of esters is 1. The molecule has 0 bridgehead atoms. The summed E-state index contributed by atoms with van der Waals surface area (Å²) in [5, 5.41) is 4.27. The van der Waals surface area contributed by atoms with Crippen molar-refractivity contribution in [2.24, 2.45) is 0 Å². The fourth-order valence-corrected chi connectivity index (χ4v) is 4.09. The Hall–Kier alpha value is -3.66. The molecule has 1 heterocycles. The van der Waals surface area contributed by atoms with E-state index in [-0.39, 0.29) is 34.7 Å². The molecule has 0 aliphatic rings.